The molecule has 0 amide bonds. The highest BCUT2D eigenvalue weighted by atomic mass is 16.1. The van der Waals surface area contributed by atoms with Crippen molar-refractivity contribution >= 4 is 5.78 Å². The van der Waals surface area contributed by atoms with E-state index in [2.05, 4.69) is 39.8 Å². The molecule has 0 aromatic rings. The Morgan fingerprint density at radius 2 is 1.04 bits per heavy atom. The highest BCUT2D eigenvalue weighted by Crippen LogP contribution is 2.31. The first-order valence-electron chi connectivity index (χ1n) is 12.4. The van der Waals surface area contributed by atoms with Crippen molar-refractivity contribution in [3.05, 3.63) is 23.3 Å². The molecular formula is C27H46O. The van der Waals surface area contributed by atoms with Crippen molar-refractivity contribution in [2.45, 2.75) is 118 Å². The average Bonchev–Trinajstić information content (AvgIpc) is 2.69. The Balaban J connectivity index is 2.19. The lowest BCUT2D eigenvalue weighted by Crippen LogP contribution is -2.14. The van der Waals surface area contributed by atoms with E-state index in [1.165, 1.54) is 64.2 Å². The SMILES string of the molecule is CC(C)CC/C(=C\C1CCCCC1)C(=O)/C(=C/C1CCCCC1)CCC(C)C. The third kappa shape index (κ3) is 8.66. The van der Waals surface area contributed by atoms with E-state index in [-0.39, 0.29) is 0 Å². The van der Waals surface area contributed by atoms with Gasteiger partial charge < -0.3 is 0 Å². The van der Waals surface area contributed by atoms with Crippen molar-refractivity contribution in [1.29, 1.82) is 0 Å². The average molecular weight is 387 g/mol. The summed E-state index contributed by atoms with van der Waals surface area (Å²) in [5, 5.41) is 0. The summed E-state index contributed by atoms with van der Waals surface area (Å²) in [6.07, 6.45) is 22.3. The normalized spacial score (nSPS) is 20.9. The Labute approximate surface area is 175 Å². The van der Waals surface area contributed by atoms with E-state index in [9.17, 15) is 4.79 Å². The van der Waals surface area contributed by atoms with Crippen molar-refractivity contribution in [2.75, 3.05) is 0 Å². The molecule has 0 heterocycles. The third-order valence-electron chi connectivity index (χ3n) is 6.74. The number of Topliss-reactive ketones (excluding diaryl/α,β-unsaturated/α-hetero) is 1. The Kier molecular flexibility index (Phi) is 10.6. The van der Waals surface area contributed by atoms with Gasteiger partial charge in [0, 0.05) is 0 Å². The van der Waals surface area contributed by atoms with Crippen LogP contribution in [-0.2, 0) is 4.79 Å². The van der Waals surface area contributed by atoms with Crippen molar-refractivity contribution in [3.63, 3.8) is 0 Å². The minimum absolute atomic E-state index is 0.400. The number of hydrogen-bond acceptors (Lipinski definition) is 1. The first-order valence-corrected chi connectivity index (χ1v) is 12.4. The number of ketones is 1. The molecule has 0 saturated heterocycles. The molecule has 1 nitrogen and oxygen atoms in total. The van der Waals surface area contributed by atoms with Crippen LogP contribution in [0.2, 0.25) is 0 Å². The summed E-state index contributed by atoms with van der Waals surface area (Å²) in [6.45, 7) is 9.11. The lowest BCUT2D eigenvalue weighted by atomic mass is 9.82. The maximum atomic E-state index is 13.7. The molecule has 0 aromatic heterocycles. The lowest BCUT2D eigenvalue weighted by Gasteiger charge is -2.22. The Hall–Kier alpha value is -0.850. The molecule has 0 aliphatic heterocycles. The zero-order valence-electron chi connectivity index (χ0n) is 19.3. The zero-order chi connectivity index (χ0) is 20.4. The van der Waals surface area contributed by atoms with Gasteiger partial charge in [-0.25, -0.2) is 0 Å². The van der Waals surface area contributed by atoms with Crippen LogP contribution in [0.4, 0.5) is 0 Å². The van der Waals surface area contributed by atoms with Gasteiger partial charge in [-0.15, -0.1) is 0 Å². The van der Waals surface area contributed by atoms with Gasteiger partial charge in [-0.3, -0.25) is 4.79 Å². The minimum Gasteiger partial charge on any atom is -0.289 e. The van der Waals surface area contributed by atoms with Gasteiger partial charge in [0.05, 0.1) is 0 Å². The van der Waals surface area contributed by atoms with E-state index in [0.29, 0.717) is 29.5 Å². The molecule has 0 unspecified atom stereocenters. The van der Waals surface area contributed by atoms with Gasteiger partial charge in [-0.2, -0.15) is 0 Å². The topological polar surface area (TPSA) is 17.1 Å². The van der Waals surface area contributed by atoms with Crippen molar-refractivity contribution in [1.82, 2.24) is 0 Å². The molecule has 0 bridgehead atoms. The summed E-state index contributed by atoms with van der Waals surface area (Å²) in [5.74, 6) is 2.99. The highest BCUT2D eigenvalue weighted by molar-refractivity contribution is 6.08. The van der Waals surface area contributed by atoms with Gasteiger partial charge in [-0.05, 0) is 86.2 Å². The van der Waals surface area contributed by atoms with Crippen LogP contribution in [-0.4, -0.2) is 5.78 Å². The number of carbonyl (C=O) groups is 1. The van der Waals surface area contributed by atoms with Crippen LogP contribution >= 0.6 is 0 Å². The molecule has 0 radical (unpaired) electrons. The molecule has 2 rings (SSSR count). The minimum atomic E-state index is 0.400. The van der Waals surface area contributed by atoms with E-state index in [0.717, 1.165) is 36.8 Å². The molecular weight excluding hydrogens is 340 g/mol. The van der Waals surface area contributed by atoms with E-state index in [4.69, 9.17) is 0 Å². The number of rotatable bonds is 10. The monoisotopic (exact) mass is 386 g/mol. The molecule has 2 aliphatic carbocycles. The summed E-state index contributed by atoms with van der Waals surface area (Å²) in [6, 6.07) is 0. The predicted octanol–water partition coefficient (Wildman–Crippen LogP) is 8.44. The zero-order valence-corrected chi connectivity index (χ0v) is 19.3. The molecule has 0 aromatic carbocycles. The van der Waals surface area contributed by atoms with Crippen molar-refractivity contribution < 1.29 is 4.79 Å². The number of hydrogen-bond donors (Lipinski definition) is 0. The first kappa shape index (κ1) is 23.4. The highest BCUT2D eigenvalue weighted by Gasteiger charge is 2.21. The maximum absolute atomic E-state index is 13.7. The Morgan fingerprint density at radius 3 is 1.36 bits per heavy atom. The lowest BCUT2D eigenvalue weighted by molar-refractivity contribution is -0.112. The second-order valence-corrected chi connectivity index (χ2v) is 10.4. The number of allylic oxidation sites excluding steroid dienone is 4. The number of carbonyl (C=O) groups excluding carboxylic acids is 1. The molecule has 0 atom stereocenters. The molecule has 0 N–H and O–H groups in total. The van der Waals surface area contributed by atoms with Gasteiger partial charge in [0.2, 0.25) is 0 Å². The smallest absolute Gasteiger partial charge is 0.184 e. The summed E-state index contributed by atoms with van der Waals surface area (Å²) >= 11 is 0. The van der Waals surface area contributed by atoms with Crippen LogP contribution in [0.15, 0.2) is 23.3 Å². The van der Waals surface area contributed by atoms with Gasteiger partial charge in [-0.1, -0.05) is 78.4 Å². The molecule has 160 valence electrons. The van der Waals surface area contributed by atoms with E-state index < -0.39 is 0 Å². The molecule has 1 heteroatoms. The van der Waals surface area contributed by atoms with Crippen LogP contribution in [0.25, 0.3) is 0 Å². The summed E-state index contributed by atoms with van der Waals surface area (Å²) in [7, 11) is 0. The third-order valence-corrected chi connectivity index (χ3v) is 6.74. The van der Waals surface area contributed by atoms with Crippen LogP contribution < -0.4 is 0 Å². The van der Waals surface area contributed by atoms with Crippen molar-refractivity contribution in [3.8, 4) is 0 Å². The van der Waals surface area contributed by atoms with Crippen molar-refractivity contribution in [2.24, 2.45) is 23.7 Å². The summed E-state index contributed by atoms with van der Waals surface area (Å²) in [4.78, 5) is 13.7. The van der Waals surface area contributed by atoms with Crippen LogP contribution in [0, 0.1) is 23.7 Å². The molecule has 28 heavy (non-hydrogen) atoms. The van der Waals surface area contributed by atoms with Crippen LogP contribution in [0.1, 0.15) is 118 Å². The van der Waals surface area contributed by atoms with Gasteiger partial charge >= 0.3 is 0 Å². The first-order chi connectivity index (χ1) is 13.5. The fraction of sp³-hybridized carbons (Fsp3) is 0.815. The quantitative estimate of drug-likeness (QED) is 0.344. The van der Waals surface area contributed by atoms with Crippen LogP contribution in [0.3, 0.4) is 0 Å². The largest absolute Gasteiger partial charge is 0.289 e. The van der Waals surface area contributed by atoms with Gasteiger partial charge in [0.25, 0.3) is 0 Å². The summed E-state index contributed by atoms with van der Waals surface area (Å²) in [5.41, 5.74) is 2.29. The Morgan fingerprint density at radius 1 is 0.679 bits per heavy atom. The maximum Gasteiger partial charge on any atom is 0.184 e. The summed E-state index contributed by atoms with van der Waals surface area (Å²) < 4.78 is 0. The second-order valence-electron chi connectivity index (χ2n) is 10.4. The van der Waals surface area contributed by atoms with Crippen LogP contribution in [0.5, 0.6) is 0 Å². The van der Waals surface area contributed by atoms with E-state index in [1.807, 2.05) is 0 Å². The molecule has 2 saturated carbocycles. The van der Waals surface area contributed by atoms with Gasteiger partial charge in [0.1, 0.15) is 0 Å². The molecule has 2 fully saturated rings. The van der Waals surface area contributed by atoms with E-state index in [1.54, 1.807) is 0 Å². The van der Waals surface area contributed by atoms with E-state index >= 15 is 0 Å². The fourth-order valence-electron chi connectivity index (χ4n) is 4.81. The second kappa shape index (κ2) is 12.7. The molecule has 0 spiro atoms. The van der Waals surface area contributed by atoms with Gasteiger partial charge in [0.15, 0.2) is 5.78 Å². The standard InChI is InChI=1S/C27H46O/c1-21(2)15-17-25(19-23-11-7-5-8-12-23)27(28)26(18-16-22(3)4)20-24-13-9-6-10-14-24/h19-24H,5-18H2,1-4H3/b25-19+,26-20+. The fourth-order valence-corrected chi connectivity index (χ4v) is 4.81. The Bertz CT molecular complexity index is 464. The predicted molar refractivity (Wildman–Crippen MR) is 122 cm³/mol. The molecule has 2 aliphatic rings.